The first kappa shape index (κ1) is 26.3. The van der Waals surface area contributed by atoms with Crippen molar-refractivity contribution in [2.24, 2.45) is 7.05 Å². The summed E-state index contributed by atoms with van der Waals surface area (Å²) in [6.07, 6.45) is 6.78. The van der Waals surface area contributed by atoms with Gasteiger partial charge in [-0.1, -0.05) is 37.4 Å². The number of carbonyl (C=O) groups excluding carboxylic acids is 1. The van der Waals surface area contributed by atoms with Crippen LogP contribution in [-0.4, -0.2) is 34.4 Å². The van der Waals surface area contributed by atoms with Gasteiger partial charge in [0.25, 0.3) is 0 Å². The Kier molecular flexibility index (Phi) is 9.56. The van der Waals surface area contributed by atoms with Crippen molar-refractivity contribution in [3.05, 3.63) is 57.5 Å². The molecule has 31 heavy (non-hydrogen) atoms. The standard InChI is InChI=1S/C21H25ClN4O3S.K/c1-4-5-6-14-30(28,29)24-20(27)11-10-16-15(2)23-25(3)21(16)26-13-12-17-18(22)8-7-9-19(17)26;/h7-13H,4-6,14H2,1-3H3,(H,24,27);/q;+1/p-1/b11-10+;. The number of amides is 1. The number of sulfonamides is 1. The summed E-state index contributed by atoms with van der Waals surface area (Å²) in [6.45, 7) is 3.80. The third-order valence-electron chi connectivity index (χ3n) is 4.77. The maximum atomic E-state index is 12.2. The fourth-order valence-corrected chi connectivity index (χ4v) is 4.59. The van der Waals surface area contributed by atoms with Gasteiger partial charge in [0.05, 0.1) is 27.1 Å². The molecule has 3 aromatic rings. The molecule has 0 radical (unpaired) electrons. The summed E-state index contributed by atoms with van der Waals surface area (Å²) in [6, 6.07) is 7.55. The average molecular weight is 487 g/mol. The smallest absolute Gasteiger partial charge is 0.542 e. The van der Waals surface area contributed by atoms with Crippen molar-refractivity contribution in [1.82, 2.24) is 14.3 Å². The van der Waals surface area contributed by atoms with Crippen LogP contribution in [0.15, 0.2) is 36.5 Å². The van der Waals surface area contributed by atoms with E-state index in [0.717, 1.165) is 29.6 Å². The van der Waals surface area contributed by atoms with E-state index >= 15 is 0 Å². The van der Waals surface area contributed by atoms with Crippen LogP contribution in [0.25, 0.3) is 27.5 Å². The van der Waals surface area contributed by atoms with E-state index in [1.54, 1.807) is 17.8 Å². The van der Waals surface area contributed by atoms with Crippen LogP contribution in [0.3, 0.4) is 0 Å². The van der Waals surface area contributed by atoms with Gasteiger partial charge in [-0.15, -0.1) is 0 Å². The Bertz CT molecular complexity index is 1210. The van der Waals surface area contributed by atoms with Gasteiger partial charge in [0.1, 0.15) is 5.82 Å². The fraction of sp³-hybridized carbons (Fsp3) is 0.333. The molecule has 0 spiro atoms. The van der Waals surface area contributed by atoms with E-state index in [-0.39, 0.29) is 57.1 Å². The molecule has 2 aromatic heterocycles. The monoisotopic (exact) mass is 486 g/mol. The number of hydrogen-bond acceptors (Lipinski definition) is 4. The summed E-state index contributed by atoms with van der Waals surface area (Å²) in [5, 5.41) is 5.99. The van der Waals surface area contributed by atoms with Crippen LogP contribution >= 0.6 is 11.6 Å². The molecule has 0 aliphatic rings. The summed E-state index contributed by atoms with van der Waals surface area (Å²) in [7, 11) is -1.96. The van der Waals surface area contributed by atoms with Gasteiger partial charge in [0.2, 0.25) is 0 Å². The molecular formula is C21H24ClKN4O3S. The van der Waals surface area contributed by atoms with Crippen molar-refractivity contribution < 1.29 is 64.6 Å². The fourth-order valence-electron chi connectivity index (χ4n) is 3.36. The number of fused-ring (bicyclic) bond motifs is 1. The Labute approximate surface area is 230 Å². The van der Waals surface area contributed by atoms with Crippen molar-refractivity contribution in [2.75, 3.05) is 5.75 Å². The van der Waals surface area contributed by atoms with Crippen molar-refractivity contribution in [3.8, 4) is 5.82 Å². The van der Waals surface area contributed by atoms with Crippen LogP contribution in [0.4, 0.5) is 0 Å². The molecule has 0 fully saturated rings. The molecule has 3 rings (SSSR count). The number of hydrogen-bond donors (Lipinski definition) is 0. The molecule has 1 aromatic carbocycles. The predicted octanol–water partition coefficient (Wildman–Crippen LogP) is 1.76. The van der Waals surface area contributed by atoms with Gasteiger partial charge in [0, 0.05) is 35.0 Å². The van der Waals surface area contributed by atoms with Gasteiger partial charge in [-0.05, 0) is 43.7 Å². The normalized spacial score (nSPS) is 11.7. The van der Waals surface area contributed by atoms with Crippen molar-refractivity contribution in [1.29, 1.82) is 0 Å². The Hall–Kier alpha value is -0.944. The third-order valence-corrected chi connectivity index (χ3v) is 6.36. The SMILES string of the molecule is CCCCCS(=O)(=O)[N-]C(=O)/C=C/c1c(C)nn(C)c1-n1ccc2c(Cl)cccc21.[K+]. The zero-order valence-corrected chi connectivity index (χ0v) is 22.9. The van der Waals surface area contributed by atoms with Crippen molar-refractivity contribution in [2.45, 2.75) is 33.1 Å². The van der Waals surface area contributed by atoms with Crippen molar-refractivity contribution >= 4 is 44.5 Å². The molecule has 0 bridgehead atoms. The summed E-state index contributed by atoms with van der Waals surface area (Å²) >= 11 is 6.29. The van der Waals surface area contributed by atoms with Gasteiger partial charge in [-0.25, -0.2) is 8.42 Å². The number of aryl methyl sites for hydroxylation is 2. The number of aromatic nitrogens is 3. The first-order valence-corrected chi connectivity index (χ1v) is 11.7. The first-order chi connectivity index (χ1) is 14.2. The largest absolute Gasteiger partial charge is 1.00 e. The second-order valence-corrected chi connectivity index (χ2v) is 9.22. The molecule has 0 aliphatic carbocycles. The molecule has 0 N–H and O–H groups in total. The number of nitrogens with zero attached hydrogens (tertiary/aromatic N) is 4. The molecule has 160 valence electrons. The van der Waals surface area contributed by atoms with Crippen LogP contribution in [0, 0.1) is 6.92 Å². The van der Waals surface area contributed by atoms with E-state index in [4.69, 9.17) is 11.6 Å². The minimum Gasteiger partial charge on any atom is -0.542 e. The quantitative estimate of drug-likeness (QED) is 0.276. The molecule has 1 amide bonds. The number of halogens is 1. The van der Waals surface area contributed by atoms with E-state index in [2.05, 4.69) is 9.82 Å². The Morgan fingerprint density at radius 2 is 2.00 bits per heavy atom. The molecule has 0 saturated carbocycles. The first-order valence-electron chi connectivity index (χ1n) is 9.70. The topological polar surface area (TPSA) is 88.1 Å². The van der Waals surface area contributed by atoms with E-state index in [1.165, 1.54) is 6.08 Å². The summed E-state index contributed by atoms with van der Waals surface area (Å²) in [5.41, 5.74) is 2.29. The molecule has 0 atom stereocenters. The average Bonchev–Trinajstić information content (AvgIpc) is 3.20. The van der Waals surface area contributed by atoms with Gasteiger partial charge in [-0.3, -0.25) is 4.68 Å². The summed E-state index contributed by atoms with van der Waals surface area (Å²) < 4.78 is 31.0. The number of benzene rings is 1. The third kappa shape index (κ3) is 6.31. The molecule has 0 unspecified atom stereocenters. The van der Waals surface area contributed by atoms with E-state index in [1.807, 2.05) is 48.9 Å². The summed E-state index contributed by atoms with van der Waals surface area (Å²) in [5.74, 6) is -0.186. The number of unbranched alkanes of at least 4 members (excludes halogenated alkanes) is 2. The summed E-state index contributed by atoms with van der Waals surface area (Å²) in [4.78, 5) is 12.2. The van der Waals surface area contributed by atoms with Crippen LogP contribution < -0.4 is 51.4 Å². The molecule has 7 nitrogen and oxygen atoms in total. The van der Waals surface area contributed by atoms with Gasteiger partial charge >= 0.3 is 51.4 Å². The Morgan fingerprint density at radius 3 is 2.71 bits per heavy atom. The van der Waals surface area contributed by atoms with Gasteiger partial charge < -0.3 is 14.1 Å². The molecule has 0 saturated heterocycles. The van der Waals surface area contributed by atoms with Gasteiger partial charge in [-0.2, -0.15) is 5.10 Å². The zero-order valence-electron chi connectivity index (χ0n) is 18.2. The second-order valence-electron chi connectivity index (χ2n) is 7.06. The van der Waals surface area contributed by atoms with Crippen LogP contribution in [0.2, 0.25) is 5.02 Å². The Balaban J connectivity index is 0.00000341. The predicted molar refractivity (Wildman–Crippen MR) is 120 cm³/mol. The molecule has 2 heterocycles. The second kappa shape index (κ2) is 11.3. The minimum atomic E-state index is -3.77. The number of rotatable bonds is 8. The maximum Gasteiger partial charge on any atom is 1.00 e. The van der Waals surface area contributed by atoms with Gasteiger partial charge in [0.15, 0.2) is 0 Å². The van der Waals surface area contributed by atoms with Crippen molar-refractivity contribution in [3.63, 3.8) is 0 Å². The van der Waals surface area contributed by atoms with Crippen LogP contribution in [0.1, 0.15) is 37.4 Å². The Morgan fingerprint density at radius 1 is 1.26 bits per heavy atom. The van der Waals surface area contributed by atoms with E-state index in [9.17, 15) is 13.2 Å². The molecule has 10 heteroatoms. The zero-order chi connectivity index (χ0) is 21.9. The molecular weight excluding hydrogens is 463 g/mol. The van der Waals surface area contributed by atoms with Crippen LogP contribution in [0.5, 0.6) is 0 Å². The minimum absolute atomic E-state index is 0. The number of carbonyl (C=O) groups is 1. The van der Waals surface area contributed by atoms with Crippen LogP contribution in [-0.2, 0) is 21.9 Å². The van der Waals surface area contributed by atoms with E-state index < -0.39 is 15.9 Å². The maximum absolute atomic E-state index is 12.2. The van der Waals surface area contributed by atoms with E-state index in [0.29, 0.717) is 22.7 Å². The molecule has 0 aliphatic heterocycles.